The van der Waals surface area contributed by atoms with Crippen LogP contribution in [0, 0.1) is 5.41 Å². The molecular weight excluding hydrogens is 667 g/mol. The summed E-state index contributed by atoms with van der Waals surface area (Å²) in [7, 11) is -2.56. The third-order valence-corrected chi connectivity index (χ3v) is 9.01. The van der Waals surface area contributed by atoms with Gasteiger partial charge in [0.15, 0.2) is 10.8 Å². The van der Waals surface area contributed by atoms with E-state index in [4.69, 9.17) is 24.5 Å². The Hall–Kier alpha value is -4.04. The molecule has 2 aliphatic heterocycles. The van der Waals surface area contributed by atoms with Crippen LogP contribution in [0.5, 0.6) is 0 Å². The number of carbonyl (C=O) groups excluding carboxylic acids is 4. The second-order valence-electron chi connectivity index (χ2n) is 10.7. The Bertz CT molecular complexity index is 1640. The number of rotatable bonds is 9. The molecule has 0 spiro atoms. The molecule has 1 aromatic heterocycles. The number of nitrogens with zero attached hydrogens (tertiary/aromatic N) is 3. The van der Waals surface area contributed by atoms with Gasteiger partial charge in [0, 0.05) is 25.2 Å². The average Bonchev–Trinajstić information content (AvgIpc) is 3.41. The zero-order valence-corrected chi connectivity index (χ0v) is 27.8. The van der Waals surface area contributed by atoms with Gasteiger partial charge in [-0.1, -0.05) is 23.4 Å². The molecule has 2 amide bonds. The van der Waals surface area contributed by atoms with Crippen molar-refractivity contribution in [1.82, 2.24) is 15.2 Å². The number of hydrogen-bond acceptors (Lipinski definition) is 15. The van der Waals surface area contributed by atoms with Crippen LogP contribution in [-0.4, -0.2) is 94.7 Å². The Labute approximate surface area is 272 Å². The molecule has 3 atom stereocenters. The van der Waals surface area contributed by atoms with Gasteiger partial charge in [0.05, 0.1) is 16.9 Å². The Kier molecular flexibility index (Phi) is 11.9. The van der Waals surface area contributed by atoms with Crippen LogP contribution in [0.2, 0.25) is 0 Å². The summed E-state index contributed by atoms with van der Waals surface area (Å²) in [4.78, 5) is 55.9. The topological polar surface area (TPSA) is 237 Å². The minimum absolute atomic E-state index is 0.0296. The number of nitrogen functional groups attached to an aromatic ring is 1. The summed E-state index contributed by atoms with van der Waals surface area (Å²) in [5.74, 6) is -2.51. The molecule has 1 aromatic carbocycles. The zero-order chi connectivity index (χ0) is 34.4. The first-order valence-electron chi connectivity index (χ1n) is 13.3. The van der Waals surface area contributed by atoms with E-state index >= 15 is 0 Å². The number of methoxy groups -OCH3 is 1. The first-order chi connectivity index (χ1) is 21.5. The maximum atomic E-state index is 13.0. The lowest BCUT2D eigenvalue weighted by Crippen LogP contribution is -2.71. The van der Waals surface area contributed by atoms with Gasteiger partial charge in [-0.2, -0.15) is 8.42 Å². The van der Waals surface area contributed by atoms with Crippen LogP contribution in [0.25, 0.3) is 0 Å². The van der Waals surface area contributed by atoms with Crippen molar-refractivity contribution in [3.8, 4) is 0 Å². The molecule has 0 aliphatic carbocycles. The molecule has 2 unspecified atom stereocenters. The third kappa shape index (κ3) is 8.81. The monoisotopic (exact) mass is 699 g/mol. The highest BCUT2D eigenvalue weighted by Gasteiger charge is 2.55. The standard InChI is InChI=1S/C21H27N5O8S2.C6H6O3S/c1-9(34-19(30)21(2,3)4)33-18(29)14-10(6-32-5)7-35-17-13(16(28)26(14)17)24-15(27)12(25-31)11-8-36-20(22)23-11;7-10(8,9)6-4-2-1-3-5-6/h8-9,13,17,31H,6-7H2,1-5H3,(H2,22,23)(H,24,27);1-5H,(H,7,8,9)/b25-12-;/t9?,13?,17-;/m0./s1. The summed E-state index contributed by atoms with van der Waals surface area (Å²) in [5.41, 5.74) is 4.90. The fraction of sp³-hybridized carbons (Fsp3) is 0.407. The number of nitrogens with two attached hydrogens (primary N) is 1. The van der Waals surface area contributed by atoms with E-state index in [0.717, 1.165) is 11.3 Å². The maximum Gasteiger partial charge on any atom is 0.358 e. The number of nitrogens with one attached hydrogen (secondary N) is 1. The Morgan fingerprint density at radius 2 is 1.87 bits per heavy atom. The number of thiazole rings is 1. The average molecular weight is 700 g/mol. The normalized spacial score (nSPS) is 18.8. The van der Waals surface area contributed by atoms with E-state index in [2.05, 4.69) is 15.5 Å². The van der Waals surface area contributed by atoms with E-state index in [1.807, 2.05) is 0 Å². The zero-order valence-electron chi connectivity index (χ0n) is 25.3. The minimum atomic E-state index is -4.00. The van der Waals surface area contributed by atoms with Gasteiger partial charge in [0.1, 0.15) is 22.8 Å². The van der Waals surface area contributed by atoms with Gasteiger partial charge in [-0.15, -0.1) is 23.1 Å². The summed E-state index contributed by atoms with van der Waals surface area (Å²) in [6, 6.07) is 6.42. The van der Waals surface area contributed by atoms with Crippen LogP contribution in [0.3, 0.4) is 0 Å². The molecule has 2 aromatic rings. The van der Waals surface area contributed by atoms with Crippen LogP contribution >= 0.6 is 23.1 Å². The third-order valence-electron chi connectivity index (χ3n) is 6.12. The predicted molar refractivity (Wildman–Crippen MR) is 166 cm³/mol. The maximum absolute atomic E-state index is 13.0. The van der Waals surface area contributed by atoms with Crippen LogP contribution in [0.1, 0.15) is 33.4 Å². The number of β-lactam (4-membered cyclic amide) rings is 1. The quantitative estimate of drug-likeness (QED) is 0.0554. The number of thioether (sulfide) groups is 1. The number of fused-ring (bicyclic) bond motifs is 1. The van der Waals surface area contributed by atoms with E-state index < -0.39 is 62.7 Å². The van der Waals surface area contributed by atoms with Crippen LogP contribution in [0.4, 0.5) is 5.13 Å². The molecule has 0 bridgehead atoms. The lowest BCUT2D eigenvalue weighted by atomic mass is 9.97. The first-order valence-corrected chi connectivity index (χ1v) is 16.7. The second-order valence-corrected chi connectivity index (χ2v) is 14.1. The van der Waals surface area contributed by atoms with E-state index in [1.54, 1.807) is 39.0 Å². The van der Waals surface area contributed by atoms with E-state index in [-0.39, 0.29) is 28.0 Å². The molecule has 2 aliphatic rings. The van der Waals surface area contributed by atoms with Crippen molar-refractivity contribution in [1.29, 1.82) is 0 Å². The van der Waals surface area contributed by atoms with Gasteiger partial charge in [0.25, 0.3) is 21.9 Å². The number of benzene rings is 1. The number of aromatic nitrogens is 1. The second kappa shape index (κ2) is 15.0. The number of ether oxygens (including phenoxy) is 3. The van der Waals surface area contributed by atoms with E-state index in [0.29, 0.717) is 11.3 Å². The SMILES string of the molecule is COCC1=C(C(=O)OC(C)OC(=O)C(C)(C)C)N2C(=O)C(NC(=O)/C(=N\O)c3csc(N)n3)[C@@H]2SC1.O=S(=O)(O)c1ccccc1. The number of amides is 2. The van der Waals surface area contributed by atoms with Crippen molar-refractivity contribution in [2.45, 2.75) is 50.3 Å². The Balaban J connectivity index is 0.000000489. The molecule has 3 heterocycles. The van der Waals surface area contributed by atoms with Crippen molar-refractivity contribution in [2.75, 3.05) is 25.2 Å². The molecule has 0 radical (unpaired) electrons. The van der Waals surface area contributed by atoms with Crippen LogP contribution in [0.15, 0.2) is 57.0 Å². The fourth-order valence-electron chi connectivity index (χ4n) is 3.93. The van der Waals surface area contributed by atoms with Crippen LogP contribution in [-0.2, 0) is 43.5 Å². The molecule has 46 heavy (non-hydrogen) atoms. The van der Waals surface area contributed by atoms with Gasteiger partial charge in [-0.3, -0.25) is 23.8 Å². The van der Waals surface area contributed by atoms with Crippen molar-refractivity contribution >= 4 is 67.8 Å². The largest absolute Gasteiger partial charge is 0.425 e. The first kappa shape index (κ1) is 36.4. The summed E-state index contributed by atoms with van der Waals surface area (Å²) < 4.78 is 44.9. The highest BCUT2D eigenvalue weighted by Crippen LogP contribution is 2.41. The van der Waals surface area contributed by atoms with Gasteiger partial charge >= 0.3 is 11.9 Å². The van der Waals surface area contributed by atoms with Crippen molar-refractivity contribution < 1.29 is 51.6 Å². The molecule has 0 saturated carbocycles. The van der Waals surface area contributed by atoms with Crippen LogP contribution < -0.4 is 11.1 Å². The number of hydrogen-bond donors (Lipinski definition) is 4. The number of esters is 2. The molecule has 4 rings (SSSR count). The van der Waals surface area contributed by atoms with E-state index in [1.165, 1.54) is 48.2 Å². The van der Waals surface area contributed by atoms with Gasteiger partial charge in [0.2, 0.25) is 6.29 Å². The highest BCUT2D eigenvalue weighted by molar-refractivity contribution is 8.00. The summed E-state index contributed by atoms with van der Waals surface area (Å²) in [5, 5.41) is 15.8. The minimum Gasteiger partial charge on any atom is -0.425 e. The molecular formula is C27H33N5O11S3. The summed E-state index contributed by atoms with van der Waals surface area (Å²) in [6.45, 7) is 6.45. The van der Waals surface area contributed by atoms with E-state index in [9.17, 15) is 32.8 Å². The Morgan fingerprint density at radius 3 is 2.37 bits per heavy atom. The Morgan fingerprint density at radius 1 is 1.22 bits per heavy atom. The predicted octanol–water partition coefficient (Wildman–Crippen LogP) is 1.62. The summed E-state index contributed by atoms with van der Waals surface area (Å²) >= 11 is 2.37. The van der Waals surface area contributed by atoms with Crippen molar-refractivity contribution in [2.24, 2.45) is 10.6 Å². The van der Waals surface area contributed by atoms with Crippen molar-refractivity contribution in [3.63, 3.8) is 0 Å². The fourth-order valence-corrected chi connectivity index (χ4v) is 6.30. The number of oxime groups is 1. The molecule has 19 heteroatoms. The highest BCUT2D eigenvalue weighted by atomic mass is 32.2. The molecule has 1 saturated heterocycles. The smallest absolute Gasteiger partial charge is 0.358 e. The molecule has 5 N–H and O–H groups in total. The van der Waals surface area contributed by atoms with Crippen molar-refractivity contribution in [3.05, 3.63) is 52.7 Å². The van der Waals surface area contributed by atoms with Gasteiger partial charge in [-0.25, -0.2) is 9.78 Å². The lowest BCUT2D eigenvalue weighted by Gasteiger charge is -2.49. The number of carbonyl (C=O) groups is 4. The lowest BCUT2D eigenvalue weighted by molar-refractivity contribution is -0.190. The van der Waals surface area contributed by atoms with Gasteiger partial charge < -0.3 is 30.5 Å². The number of anilines is 1. The molecule has 250 valence electrons. The molecule has 1 fully saturated rings. The van der Waals surface area contributed by atoms with Gasteiger partial charge in [-0.05, 0) is 38.5 Å². The molecule has 16 nitrogen and oxygen atoms in total. The summed E-state index contributed by atoms with van der Waals surface area (Å²) in [6.07, 6.45) is -1.20.